The summed E-state index contributed by atoms with van der Waals surface area (Å²) in [5.74, 6) is 1.93. The van der Waals surface area contributed by atoms with Gasteiger partial charge in [-0.25, -0.2) is 4.98 Å². The maximum absolute atomic E-state index is 5.44. The normalized spacial score (nSPS) is 14.7. The van der Waals surface area contributed by atoms with Gasteiger partial charge in [-0.3, -0.25) is 4.57 Å². The Morgan fingerprint density at radius 1 is 0.453 bits per heavy atom. The van der Waals surface area contributed by atoms with E-state index in [1.807, 2.05) is 18.2 Å². The molecule has 4 heteroatoms. The average molecular weight is 681 g/mol. The molecule has 0 atom stereocenters. The number of para-hydroxylation sites is 1. The predicted molar refractivity (Wildman–Crippen MR) is 218 cm³/mol. The Morgan fingerprint density at radius 2 is 1.04 bits per heavy atom. The SMILES string of the molecule is CC1(C)c2ccccc2-c2ccc(-c3nc(-c4ccccc4)nc(-n4c5ccccc5c5c6ccccc6c6c(c54)C(C)(C)c4ccccc4-6)n3)cc21. The number of fused-ring (bicyclic) bond motifs is 13. The van der Waals surface area contributed by atoms with Gasteiger partial charge in [0.05, 0.1) is 11.0 Å². The molecule has 0 N–H and O–H groups in total. The van der Waals surface area contributed by atoms with Crippen LogP contribution in [-0.4, -0.2) is 19.5 Å². The van der Waals surface area contributed by atoms with Gasteiger partial charge in [0.25, 0.3) is 0 Å². The zero-order chi connectivity index (χ0) is 35.6. The molecule has 2 aliphatic carbocycles. The molecule has 0 aliphatic heterocycles. The Kier molecular flexibility index (Phi) is 6.04. The monoisotopic (exact) mass is 680 g/mol. The van der Waals surface area contributed by atoms with Gasteiger partial charge in [-0.1, -0.05) is 161 Å². The molecule has 2 aromatic heterocycles. The van der Waals surface area contributed by atoms with Gasteiger partial charge in [0, 0.05) is 32.7 Å². The summed E-state index contributed by atoms with van der Waals surface area (Å²) in [5, 5.41) is 4.94. The van der Waals surface area contributed by atoms with E-state index in [1.165, 1.54) is 66.1 Å². The molecule has 0 fully saturated rings. The third kappa shape index (κ3) is 4.04. The second-order valence-electron chi connectivity index (χ2n) is 15.6. The first-order valence-electron chi connectivity index (χ1n) is 18.5. The lowest BCUT2D eigenvalue weighted by Gasteiger charge is -2.24. The van der Waals surface area contributed by atoms with Crippen molar-refractivity contribution in [1.82, 2.24) is 19.5 Å². The highest BCUT2D eigenvalue weighted by molar-refractivity contribution is 6.26. The van der Waals surface area contributed by atoms with E-state index in [-0.39, 0.29) is 10.8 Å². The van der Waals surface area contributed by atoms with Crippen LogP contribution in [0, 0.1) is 0 Å². The summed E-state index contributed by atoms with van der Waals surface area (Å²) in [5.41, 5.74) is 14.2. The molecule has 0 radical (unpaired) electrons. The van der Waals surface area contributed by atoms with E-state index in [0.717, 1.165) is 22.2 Å². The molecule has 4 nitrogen and oxygen atoms in total. The minimum Gasteiger partial charge on any atom is -0.277 e. The molecule has 2 aliphatic rings. The molecule has 9 aromatic rings. The van der Waals surface area contributed by atoms with Crippen molar-refractivity contribution in [3.63, 3.8) is 0 Å². The van der Waals surface area contributed by atoms with Crippen molar-refractivity contribution < 1.29 is 0 Å². The minimum absolute atomic E-state index is 0.144. The smallest absolute Gasteiger partial charge is 0.238 e. The first kappa shape index (κ1) is 30.3. The molecular weight excluding hydrogens is 645 g/mol. The number of benzene rings is 7. The van der Waals surface area contributed by atoms with E-state index in [4.69, 9.17) is 15.0 Å². The van der Waals surface area contributed by atoms with Crippen LogP contribution >= 0.6 is 0 Å². The van der Waals surface area contributed by atoms with Gasteiger partial charge in [-0.15, -0.1) is 0 Å². The summed E-state index contributed by atoms with van der Waals surface area (Å²) in [6, 6.07) is 52.4. The van der Waals surface area contributed by atoms with Gasteiger partial charge >= 0.3 is 0 Å². The third-order valence-corrected chi connectivity index (χ3v) is 12.0. The Balaban J connectivity index is 1.26. The summed E-state index contributed by atoms with van der Waals surface area (Å²) in [6.45, 7) is 9.37. The largest absolute Gasteiger partial charge is 0.277 e. The van der Waals surface area contributed by atoms with E-state index in [2.05, 4.69) is 160 Å². The molecule has 0 amide bonds. The van der Waals surface area contributed by atoms with Crippen molar-refractivity contribution in [2.45, 2.75) is 38.5 Å². The number of aromatic nitrogens is 4. The number of hydrogen-bond acceptors (Lipinski definition) is 3. The summed E-state index contributed by atoms with van der Waals surface area (Å²) in [6.07, 6.45) is 0. The fourth-order valence-electron chi connectivity index (χ4n) is 9.55. The van der Waals surface area contributed by atoms with Crippen molar-refractivity contribution in [1.29, 1.82) is 0 Å². The first-order valence-corrected chi connectivity index (χ1v) is 18.5. The van der Waals surface area contributed by atoms with Crippen molar-refractivity contribution >= 4 is 32.6 Å². The lowest BCUT2D eigenvalue weighted by Crippen LogP contribution is -2.17. The highest BCUT2D eigenvalue weighted by atomic mass is 15.2. The van der Waals surface area contributed by atoms with E-state index in [1.54, 1.807) is 0 Å². The summed E-state index contributed by atoms with van der Waals surface area (Å²) in [7, 11) is 0. The molecule has 2 heterocycles. The molecule has 0 bridgehead atoms. The highest BCUT2D eigenvalue weighted by Crippen LogP contribution is 2.56. The summed E-state index contributed by atoms with van der Waals surface area (Å²) >= 11 is 0. The van der Waals surface area contributed by atoms with Crippen LogP contribution < -0.4 is 0 Å². The quantitative estimate of drug-likeness (QED) is 0.187. The van der Waals surface area contributed by atoms with Gasteiger partial charge in [-0.05, 0) is 67.4 Å². The molecule has 7 aromatic carbocycles. The highest BCUT2D eigenvalue weighted by Gasteiger charge is 2.40. The van der Waals surface area contributed by atoms with E-state index >= 15 is 0 Å². The molecule has 53 heavy (non-hydrogen) atoms. The second kappa shape index (κ2) is 10.6. The molecule has 0 saturated carbocycles. The van der Waals surface area contributed by atoms with Gasteiger partial charge < -0.3 is 0 Å². The molecule has 0 saturated heterocycles. The van der Waals surface area contributed by atoms with E-state index in [0.29, 0.717) is 17.6 Å². The van der Waals surface area contributed by atoms with Crippen LogP contribution in [0.5, 0.6) is 0 Å². The van der Waals surface area contributed by atoms with Gasteiger partial charge in [0.15, 0.2) is 11.6 Å². The Labute approximate surface area is 308 Å². The fourth-order valence-corrected chi connectivity index (χ4v) is 9.55. The molecule has 11 rings (SSSR count). The van der Waals surface area contributed by atoms with Gasteiger partial charge in [0.1, 0.15) is 0 Å². The molecular formula is C49H36N4. The van der Waals surface area contributed by atoms with Crippen LogP contribution in [0.3, 0.4) is 0 Å². The molecule has 252 valence electrons. The van der Waals surface area contributed by atoms with Crippen LogP contribution in [0.15, 0.2) is 146 Å². The van der Waals surface area contributed by atoms with Crippen LogP contribution in [-0.2, 0) is 10.8 Å². The predicted octanol–water partition coefficient (Wildman–Crippen LogP) is 12.1. The maximum atomic E-state index is 5.44. The average Bonchev–Trinajstić information content (AvgIpc) is 3.75. The standard InChI is InChI=1S/C49H36N4/c1-48(2)37-23-13-10-18-31(37)32-27-26-30(28-39(32)48)46-50-45(29-16-6-5-7-17-29)51-47(52-46)53-40-25-15-12-22-36(40)42-34-20-9-8-19-33(34)41-35-21-11-14-24-38(35)49(3,4)43(41)44(42)53/h5-28H,1-4H3. The van der Waals surface area contributed by atoms with Crippen LogP contribution in [0.25, 0.3) is 83.6 Å². The Bertz CT molecular complexity index is 3000. The lowest BCUT2D eigenvalue weighted by molar-refractivity contribution is 0.660. The molecule has 0 unspecified atom stereocenters. The fraction of sp³-hybridized carbons (Fsp3) is 0.122. The van der Waals surface area contributed by atoms with Crippen LogP contribution in [0.4, 0.5) is 0 Å². The Morgan fingerprint density at radius 3 is 1.81 bits per heavy atom. The van der Waals surface area contributed by atoms with E-state index in [9.17, 15) is 0 Å². The lowest BCUT2D eigenvalue weighted by atomic mass is 9.80. The van der Waals surface area contributed by atoms with Crippen molar-refractivity contribution in [2.24, 2.45) is 0 Å². The first-order chi connectivity index (χ1) is 25.8. The zero-order valence-electron chi connectivity index (χ0n) is 30.1. The third-order valence-electron chi connectivity index (χ3n) is 12.0. The van der Waals surface area contributed by atoms with Gasteiger partial charge in [0.2, 0.25) is 5.95 Å². The van der Waals surface area contributed by atoms with Crippen molar-refractivity contribution in [3.8, 4) is 51.0 Å². The summed E-state index contributed by atoms with van der Waals surface area (Å²) < 4.78 is 2.33. The van der Waals surface area contributed by atoms with Crippen LogP contribution in [0.1, 0.15) is 49.9 Å². The molecule has 0 spiro atoms. The van der Waals surface area contributed by atoms with Crippen LogP contribution in [0.2, 0.25) is 0 Å². The zero-order valence-corrected chi connectivity index (χ0v) is 30.1. The van der Waals surface area contributed by atoms with E-state index < -0.39 is 0 Å². The number of rotatable bonds is 3. The topological polar surface area (TPSA) is 43.6 Å². The summed E-state index contributed by atoms with van der Waals surface area (Å²) in [4.78, 5) is 16.0. The maximum Gasteiger partial charge on any atom is 0.238 e. The minimum atomic E-state index is -0.265. The van der Waals surface area contributed by atoms with Crippen molar-refractivity contribution in [3.05, 3.63) is 168 Å². The van der Waals surface area contributed by atoms with Gasteiger partial charge in [-0.2, -0.15) is 9.97 Å². The Hall–Kier alpha value is -6.39. The number of nitrogens with zero attached hydrogens (tertiary/aromatic N) is 4. The second-order valence-corrected chi connectivity index (χ2v) is 15.6. The van der Waals surface area contributed by atoms with Crippen molar-refractivity contribution in [2.75, 3.05) is 0 Å². The number of hydrogen-bond donors (Lipinski definition) is 0.